The summed E-state index contributed by atoms with van der Waals surface area (Å²) in [5.74, 6) is 3.08. The van der Waals surface area contributed by atoms with E-state index in [2.05, 4.69) is 0 Å². The van der Waals surface area contributed by atoms with Crippen molar-refractivity contribution in [3.8, 4) is 0 Å². The molecule has 4 bridgehead atoms. The summed E-state index contributed by atoms with van der Waals surface area (Å²) in [5.41, 5.74) is -0.609. The number of halogens is 1. The molecule has 0 atom stereocenters. The van der Waals surface area contributed by atoms with Gasteiger partial charge >= 0.3 is 5.43 Å². The van der Waals surface area contributed by atoms with E-state index in [0.717, 1.165) is 11.8 Å². The first-order valence-electron chi connectivity index (χ1n) is 5.58. The third-order valence-corrected chi connectivity index (χ3v) is 4.46. The van der Waals surface area contributed by atoms with Gasteiger partial charge in [-0.15, -0.1) is 0 Å². The van der Waals surface area contributed by atoms with Gasteiger partial charge in [0.25, 0.3) is 0 Å². The van der Waals surface area contributed by atoms with Crippen LogP contribution in [0.15, 0.2) is 0 Å². The molecule has 2 nitrogen and oxygen atoms in total. The molecule has 0 aliphatic heterocycles. The highest BCUT2D eigenvalue weighted by atomic mass is 35.5. The van der Waals surface area contributed by atoms with Gasteiger partial charge in [0.05, 0.1) is 0 Å². The van der Waals surface area contributed by atoms with Gasteiger partial charge in [0.1, 0.15) is 6.10 Å². The zero-order valence-corrected chi connectivity index (χ0v) is 8.87. The Bertz CT molecular complexity index is 236. The SMILES string of the molecule is O=C(Cl)OC1C2CC3CC(C2)CC1C3. The number of hydrogen-bond donors (Lipinski definition) is 0. The average molecular weight is 215 g/mol. The van der Waals surface area contributed by atoms with E-state index in [1.807, 2.05) is 0 Å². The van der Waals surface area contributed by atoms with Crippen LogP contribution < -0.4 is 0 Å². The normalized spacial score (nSPS) is 49.4. The topological polar surface area (TPSA) is 26.3 Å². The number of carbonyl (C=O) groups excluding carboxylic acids is 1. The lowest BCUT2D eigenvalue weighted by Crippen LogP contribution is -2.49. The fourth-order valence-corrected chi connectivity index (χ4v) is 4.28. The van der Waals surface area contributed by atoms with E-state index >= 15 is 0 Å². The van der Waals surface area contributed by atoms with Gasteiger partial charge in [-0.2, -0.15) is 0 Å². The lowest BCUT2D eigenvalue weighted by molar-refractivity contribution is -0.0910. The van der Waals surface area contributed by atoms with E-state index in [0.29, 0.717) is 11.8 Å². The molecule has 0 spiro atoms. The number of hydrogen-bond acceptors (Lipinski definition) is 2. The predicted octanol–water partition coefficient (Wildman–Crippen LogP) is 3.19. The summed E-state index contributed by atoms with van der Waals surface area (Å²) in [4.78, 5) is 10.8. The second-order valence-corrected chi connectivity index (χ2v) is 5.56. The molecule has 0 aromatic rings. The lowest BCUT2D eigenvalue weighted by Gasteiger charge is -2.53. The van der Waals surface area contributed by atoms with E-state index in [9.17, 15) is 4.79 Å². The molecule has 0 radical (unpaired) electrons. The molecular weight excluding hydrogens is 200 g/mol. The lowest BCUT2D eigenvalue weighted by atomic mass is 9.55. The minimum atomic E-state index is -0.609. The third kappa shape index (κ3) is 1.35. The Balaban J connectivity index is 1.77. The Hall–Kier alpha value is -0.240. The first-order chi connectivity index (χ1) is 6.72. The molecule has 0 aromatic heterocycles. The zero-order valence-electron chi connectivity index (χ0n) is 8.12. The van der Waals surface area contributed by atoms with Crippen molar-refractivity contribution in [2.24, 2.45) is 23.7 Å². The van der Waals surface area contributed by atoms with Crippen LogP contribution in [0.3, 0.4) is 0 Å². The molecule has 4 fully saturated rings. The van der Waals surface area contributed by atoms with E-state index in [-0.39, 0.29) is 6.10 Å². The summed E-state index contributed by atoms with van der Waals surface area (Å²) in [6, 6.07) is 0. The van der Waals surface area contributed by atoms with Crippen molar-refractivity contribution < 1.29 is 9.53 Å². The van der Waals surface area contributed by atoms with Crippen molar-refractivity contribution in [1.29, 1.82) is 0 Å². The van der Waals surface area contributed by atoms with Gasteiger partial charge < -0.3 is 4.74 Å². The monoisotopic (exact) mass is 214 g/mol. The maximum Gasteiger partial charge on any atom is 0.404 e. The first-order valence-corrected chi connectivity index (χ1v) is 5.96. The van der Waals surface area contributed by atoms with Gasteiger partial charge in [-0.3, -0.25) is 0 Å². The Morgan fingerprint density at radius 1 is 1.00 bits per heavy atom. The van der Waals surface area contributed by atoms with E-state index in [1.54, 1.807) is 0 Å². The van der Waals surface area contributed by atoms with Crippen molar-refractivity contribution in [2.45, 2.75) is 38.2 Å². The van der Waals surface area contributed by atoms with Crippen LogP contribution >= 0.6 is 11.6 Å². The molecule has 0 amide bonds. The molecule has 78 valence electrons. The fraction of sp³-hybridized carbons (Fsp3) is 0.909. The highest BCUT2D eigenvalue weighted by Crippen LogP contribution is 2.54. The van der Waals surface area contributed by atoms with Crippen LogP contribution in [0.1, 0.15) is 32.1 Å². The van der Waals surface area contributed by atoms with E-state index < -0.39 is 5.43 Å². The van der Waals surface area contributed by atoms with E-state index in [1.165, 1.54) is 32.1 Å². The maximum absolute atomic E-state index is 10.8. The fourth-order valence-electron chi connectivity index (χ4n) is 4.17. The molecule has 4 rings (SSSR count). The minimum Gasteiger partial charge on any atom is -0.450 e. The zero-order chi connectivity index (χ0) is 9.71. The summed E-state index contributed by atoms with van der Waals surface area (Å²) in [5, 5.41) is 0. The Morgan fingerprint density at radius 2 is 1.50 bits per heavy atom. The Labute approximate surface area is 88.9 Å². The smallest absolute Gasteiger partial charge is 0.404 e. The van der Waals surface area contributed by atoms with Crippen molar-refractivity contribution in [3.05, 3.63) is 0 Å². The van der Waals surface area contributed by atoms with Gasteiger partial charge in [-0.1, -0.05) is 0 Å². The van der Waals surface area contributed by atoms with Crippen molar-refractivity contribution in [2.75, 3.05) is 0 Å². The number of rotatable bonds is 1. The van der Waals surface area contributed by atoms with Crippen LogP contribution in [0.4, 0.5) is 4.79 Å². The van der Waals surface area contributed by atoms with Crippen LogP contribution in [0.2, 0.25) is 0 Å². The van der Waals surface area contributed by atoms with Crippen LogP contribution in [-0.2, 0) is 4.74 Å². The minimum absolute atomic E-state index is 0.146. The summed E-state index contributed by atoms with van der Waals surface area (Å²) >= 11 is 5.31. The summed E-state index contributed by atoms with van der Waals surface area (Å²) in [6.45, 7) is 0. The van der Waals surface area contributed by atoms with Crippen LogP contribution in [0, 0.1) is 23.7 Å². The average Bonchev–Trinajstić information content (AvgIpc) is 2.09. The van der Waals surface area contributed by atoms with Crippen molar-refractivity contribution in [1.82, 2.24) is 0 Å². The Morgan fingerprint density at radius 3 is 1.93 bits per heavy atom. The molecule has 0 aromatic carbocycles. The van der Waals surface area contributed by atoms with E-state index in [4.69, 9.17) is 16.3 Å². The summed E-state index contributed by atoms with van der Waals surface area (Å²) < 4.78 is 5.25. The largest absolute Gasteiger partial charge is 0.450 e. The first kappa shape index (κ1) is 9.02. The van der Waals surface area contributed by atoms with Crippen LogP contribution in [0.25, 0.3) is 0 Å². The van der Waals surface area contributed by atoms with Gasteiger partial charge in [-0.05, 0) is 55.8 Å². The highest BCUT2D eigenvalue weighted by molar-refractivity contribution is 6.61. The van der Waals surface area contributed by atoms with Gasteiger partial charge in [0.15, 0.2) is 0 Å². The molecule has 0 unspecified atom stereocenters. The second kappa shape index (κ2) is 3.13. The molecular formula is C11H15ClO2. The molecule has 14 heavy (non-hydrogen) atoms. The molecule has 0 heterocycles. The molecule has 4 aliphatic carbocycles. The van der Waals surface area contributed by atoms with Gasteiger partial charge in [0.2, 0.25) is 0 Å². The quantitative estimate of drug-likeness (QED) is 0.627. The molecule has 0 N–H and O–H groups in total. The molecule has 3 heteroatoms. The second-order valence-electron chi connectivity index (χ2n) is 5.25. The van der Waals surface area contributed by atoms with Gasteiger partial charge in [0, 0.05) is 11.6 Å². The number of carbonyl (C=O) groups is 1. The van der Waals surface area contributed by atoms with Crippen LogP contribution in [-0.4, -0.2) is 11.5 Å². The summed E-state index contributed by atoms with van der Waals surface area (Å²) in [6.07, 6.45) is 6.63. The third-order valence-electron chi connectivity index (χ3n) is 4.37. The molecule has 4 saturated carbocycles. The van der Waals surface area contributed by atoms with Crippen molar-refractivity contribution >= 4 is 17.0 Å². The van der Waals surface area contributed by atoms with Crippen molar-refractivity contribution in [3.63, 3.8) is 0 Å². The van der Waals surface area contributed by atoms with Crippen LogP contribution in [0.5, 0.6) is 0 Å². The molecule has 0 saturated heterocycles. The number of ether oxygens (including phenoxy) is 1. The summed E-state index contributed by atoms with van der Waals surface area (Å²) in [7, 11) is 0. The highest BCUT2D eigenvalue weighted by Gasteiger charge is 2.49. The Kier molecular flexibility index (Phi) is 2.01. The van der Waals surface area contributed by atoms with Gasteiger partial charge in [-0.25, -0.2) is 4.79 Å². The standard InChI is InChI=1S/C11H15ClO2/c12-11(13)14-10-8-2-6-1-7(4-8)5-9(10)3-6/h6-10H,1-5H2. The maximum atomic E-state index is 10.8. The predicted molar refractivity (Wildman–Crippen MR) is 53.2 cm³/mol. The molecule has 4 aliphatic rings.